The standard InChI is InChI=1S/C7H15NO/c1-6(2)7(9)4-5-8-3/h6,8H,4-5H2,1-3H3. The van der Waals surface area contributed by atoms with Crippen LogP contribution in [0.1, 0.15) is 20.3 Å². The first-order chi connectivity index (χ1) is 4.18. The van der Waals surface area contributed by atoms with Crippen LogP contribution in [0.25, 0.3) is 0 Å². The third-order valence-electron chi connectivity index (χ3n) is 1.27. The summed E-state index contributed by atoms with van der Waals surface area (Å²) in [5.41, 5.74) is 0. The SMILES string of the molecule is CNCCC(=O)C(C)C. The van der Waals surface area contributed by atoms with Gasteiger partial charge in [-0.25, -0.2) is 0 Å². The summed E-state index contributed by atoms with van der Waals surface area (Å²) in [6.45, 7) is 4.66. The molecule has 0 aliphatic rings. The third kappa shape index (κ3) is 4.15. The molecule has 0 rings (SSSR count). The van der Waals surface area contributed by atoms with Crippen LogP contribution in [0.15, 0.2) is 0 Å². The topological polar surface area (TPSA) is 29.1 Å². The summed E-state index contributed by atoms with van der Waals surface area (Å²) >= 11 is 0. The van der Waals surface area contributed by atoms with Crippen LogP contribution >= 0.6 is 0 Å². The van der Waals surface area contributed by atoms with Crippen molar-refractivity contribution in [1.29, 1.82) is 0 Å². The van der Waals surface area contributed by atoms with Crippen LogP contribution in [-0.2, 0) is 4.79 Å². The zero-order valence-electron chi connectivity index (χ0n) is 6.40. The van der Waals surface area contributed by atoms with Gasteiger partial charge in [0.1, 0.15) is 5.78 Å². The van der Waals surface area contributed by atoms with Crippen molar-refractivity contribution in [2.45, 2.75) is 20.3 Å². The van der Waals surface area contributed by atoms with Crippen LogP contribution in [-0.4, -0.2) is 19.4 Å². The first-order valence-corrected chi connectivity index (χ1v) is 3.35. The minimum atomic E-state index is 0.193. The second kappa shape index (κ2) is 4.50. The summed E-state index contributed by atoms with van der Waals surface area (Å²) in [5.74, 6) is 0.530. The molecule has 0 atom stereocenters. The monoisotopic (exact) mass is 129 g/mol. The Bertz CT molecular complexity index is 88.9. The fourth-order valence-corrected chi connectivity index (χ4v) is 0.537. The van der Waals surface area contributed by atoms with Gasteiger partial charge in [0, 0.05) is 18.9 Å². The van der Waals surface area contributed by atoms with Gasteiger partial charge in [-0.1, -0.05) is 13.8 Å². The maximum atomic E-state index is 10.9. The van der Waals surface area contributed by atoms with E-state index in [9.17, 15) is 4.79 Å². The molecule has 0 saturated heterocycles. The fourth-order valence-electron chi connectivity index (χ4n) is 0.537. The van der Waals surface area contributed by atoms with Crippen molar-refractivity contribution >= 4 is 5.78 Å². The third-order valence-corrected chi connectivity index (χ3v) is 1.27. The summed E-state index contributed by atoms with van der Waals surface area (Å²) in [6, 6.07) is 0. The van der Waals surface area contributed by atoms with E-state index in [0.29, 0.717) is 12.2 Å². The molecule has 2 heteroatoms. The average Bonchev–Trinajstić information content (AvgIpc) is 1.82. The maximum Gasteiger partial charge on any atom is 0.136 e. The molecule has 0 amide bonds. The zero-order valence-corrected chi connectivity index (χ0v) is 6.40. The van der Waals surface area contributed by atoms with Crippen molar-refractivity contribution < 1.29 is 4.79 Å². The number of carbonyl (C=O) groups is 1. The van der Waals surface area contributed by atoms with Gasteiger partial charge in [0.25, 0.3) is 0 Å². The molecule has 0 aliphatic heterocycles. The minimum absolute atomic E-state index is 0.193. The summed E-state index contributed by atoms with van der Waals surface area (Å²) in [5, 5.41) is 2.93. The molecule has 0 aromatic heterocycles. The van der Waals surface area contributed by atoms with Crippen LogP contribution in [0.3, 0.4) is 0 Å². The number of carbonyl (C=O) groups excluding carboxylic acids is 1. The van der Waals surface area contributed by atoms with Gasteiger partial charge in [0.15, 0.2) is 0 Å². The molecule has 0 unspecified atom stereocenters. The molecule has 1 N–H and O–H groups in total. The molecule has 0 fully saturated rings. The quantitative estimate of drug-likeness (QED) is 0.609. The lowest BCUT2D eigenvalue weighted by Gasteiger charge is -2.01. The molecule has 0 spiro atoms. The van der Waals surface area contributed by atoms with Gasteiger partial charge >= 0.3 is 0 Å². The molecule has 0 aromatic rings. The largest absolute Gasteiger partial charge is 0.319 e. The second-order valence-corrected chi connectivity index (χ2v) is 2.47. The van der Waals surface area contributed by atoms with Crippen LogP contribution in [0.5, 0.6) is 0 Å². The Morgan fingerprint density at radius 2 is 2.11 bits per heavy atom. The van der Waals surface area contributed by atoms with Gasteiger partial charge in [-0.05, 0) is 7.05 Å². The molecular weight excluding hydrogens is 114 g/mol. The first-order valence-electron chi connectivity index (χ1n) is 3.35. The van der Waals surface area contributed by atoms with Crippen molar-refractivity contribution in [3.8, 4) is 0 Å². The van der Waals surface area contributed by atoms with Gasteiger partial charge in [-0.2, -0.15) is 0 Å². The molecule has 0 aromatic carbocycles. The highest BCUT2D eigenvalue weighted by atomic mass is 16.1. The summed E-state index contributed by atoms with van der Waals surface area (Å²) in [4.78, 5) is 10.9. The Balaban J connectivity index is 3.28. The number of nitrogens with one attached hydrogen (secondary N) is 1. The normalized spacial score (nSPS) is 10.2. The predicted molar refractivity (Wildman–Crippen MR) is 38.4 cm³/mol. The van der Waals surface area contributed by atoms with E-state index in [1.807, 2.05) is 20.9 Å². The summed E-state index contributed by atoms with van der Waals surface area (Å²) in [6.07, 6.45) is 0.661. The smallest absolute Gasteiger partial charge is 0.136 e. The van der Waals surface area contributed by atoms with E-state index in [4.69, 9.17) is 0 Å². The highest BCUT2D eigenvalue weighted by Gasteiger charge is 2.04. The van der Waals surface area contributed by atoms with Crippen molar-refractivity contribution in [3.05, 3.63) is 0 Å². The molecule has 0 bridgehead atoms. The molecule has 9 heavy (non-hydrogen) atoms. The second-order valence-electron chi connectivity index (χ2n) is 2.47. The van der Waals surface area contributed by atoms with Crippen LogP contribution in [0.2, 0.25) is 0 Å². The van der Waals surface area contributed by atoms with Gasteiger partial charge < -0.3 is 5.32 Å². The highest BCUT2D eigenvalue weighted by Crippen LogP contribution is 1.96. The van der Waals surface area contributed by atoms with Crippen LogP contribution < -0.4 is 5.32 Å². The van der Waals surface area contributed by atoms with E-state index in [1.54, 1.807) is 0 Å². The summed E-state index contributed by atoms with van der Waals surface area (Å²) < 4.78 is 0. The highest BCUT2D eigenvalue weighted by molar-refractivity contribution is 5.80. The van der Waals surface area contributed by atoms with Crippen LogP contribution in [0.4, 0.5) is 0 Å². The lowest BCUT2D eigenvalue weighted by molar-refractivity contribution is -0.121. The number of rotatable bonds is 4. The van der Waals surface area contributed by atoms with Gasteiger partial charge in [-0.15, -0.1) is 0 Å². The zero-order chi connectivity index (χ0) is 7.28. The molecule has 54 valence electrons. The number of Topliss-reactive ketones (excluding diaryl/α,β-unsaturated/α-hetero) is 1. The number of ketones is 1. The van der Waals surface area contributed by atoms with E-state index in [1.165, 1.54) is 0 Å². The Kier molecular flexibility index (Phi) is 4.32. The molecule has 0 saturated carbocycles. The van der Waals surface area contributed by atoms with Crippen molar-refractivity contribution in [1.82, 2.24) is 5.32 Å². The van der Waals surface area contributed by atoms with E-state index in [0.717, 1.165) is 6.54 Å². The Morgan fingerprint density at radius 3 is 2.44 bits per heavy atom. The van der Waals surface area contributed by atoms with Gasteiger partial charge in [-0.3, -0.25) is 4.79 Å². The Morgan fingerprint density at radius 1 is 1.56 bits per heavy atom. The molecule has 0 aliphatic carbocycles. The van der Waals surface area contributed by atoms with Crippen LogP contribution in [0, 0.1) is 5.92 Å². The maximum absolute atomic E-state index is 10.9. The Hall–Kier alpha value is -0.370. The van der Waals surface area contributed by atoms with E-state index < -0.39 is 0 Å². The van der Waals surface area contributed by atoms with Gasteiger partial charge in [0.2, 0.25) is 0 Å². The lowest BCUT2D eigenvalue weighted by Crippen LogP contribution is -2.16. The number of hydrogen-bond acceptors (Lipinski definition) is 2. The van der Waals surface area contributed by atoms with Crippen molar-refractivity contribution in [2.24, 2.45) is 5.92 Å². The van der Waals surface area contributed by atoms with Crippen molar-refractivity contribution in [3.63, 3.8) is 0 Å². The minimum Gasteiger partial charge on any atom is -0.319 e. The van der Waals surface area contributed by atoms with Crippen molar-refractivity contribution in [2.75, 3.05) is 13.6 Å². The van der Waals surface area contributed by atoms with Gasteiger partial charge in [0.05, 0.1) is 0 Å². The van der Waals surface area contributed by atoms with E-state index in [-0.39, 0.29) is 5.92 Å². The van der Waals surface area contributed by atoms with E-state index in [2.05, 4.69) is 5.32 Å². The Labute approximate surface area is 56.6 Å². The lowest BCUT2D eigenvalue weighted by atomic mass is 10.1. The molecule has 0 heterocycles. The molecule has 2 nitrogen and oxygen atoms in total. The molecule has 0 radical (unpaired) electrons. The first kappa shape index (κ1) is 8.63. The predicted octanol–water partition coefficient (Wildman–Crippen LogP) is 0.821. The average molecular weight is 129 g/mol. The van der Waals surface area contributed by atoms with E-state index >= 15 is 0 Å². The summed E-state index contributed by atoms with van der Waals surface area (Å²) in [7, 11) is 1.85. The molecular formula is C7H15NO. The fraction of sp³-hybridized carbons (Fsp3) is 0.857. The number of hydrogen-bond donors (Lipinski definition) is 1.